The summed E-state index contributed by atoms with van der Waals surface area (Å²) in [6, 6.07) is 9.38. The fraction of sp³-hybridized carbons (Fsp3) is 0.250. The molecular weight excluding hydrogens is 340 g/mol. The number of nitrogens with zero attached hydrogens (tertiary/aromatic N) is 5. The first-order chi connectivity index (χ1) is 10.3. The van der Waals surface area contributed by atoms with E-state index in [2.05, 4.69) is 42.0 Å². The second-order valence-electron chi connectivity index (χ2n) is 3.77. The second kappa shape index (κ2) is 7.48. The number of hydrogen-bond donors (Lipinski definition) is 1. The molecule has 8 nitrogen and oxygen atoms in total. The highest BCUT2D eigenvalue weighted by Gasteiger charge is 2.14. The lowest BCUT2D eigenvalue weighted by atomic mass is 10.3. The molecule has 1 amide bonds. The van der Waals surface area contributed by atoms with E-state index in [1.165, 1.54) is 4.68 Å². The molecule has 0 spiro atoms. The summed E-state index contributed by atoms with van der Waals surface area (Å²) in [4.78, 5) is 11.3. The predicted octanol–water partition coefficient (Wildman–Crippen LogP) is 1.51. The van der Waals surface area contributed by atoms with Gasteiger partial charge >= 0.3 is 6.09 Å². The van der Waals surface area contributed by atoms with Crippen molar-refractivity contribution in [2.45, 2.75) is 6.92 Å². The van der Waals surface area contributed by atoms with Crippen molar-refractivity contribution in [2.75, 3.05) is 11.9 Å². The minimum absolute atomic E-state index is 0.271. The molecule has 9 heteroatoms. The number of ether oxygens (including phenoxy) is 1. The lowest BCUT2D eigenvalue weighted by Gasteiger charge is -2.05. The van der Waals surface area contributed by atoms with E-state index in [1.807, 2.05) is 30.3 Å². The molecule has 21 heavy (non-hydrogen) atoms. The third-order valence-electron chi connectivity index (χ3n) is 2.41. The Morgan fingerprint density at radius 2 is 2.19 bits per heavy atom. The van der Waals surface area contributed by atoms with Crippen molar-refractivity contribution < 1.29 is 9.53 Å². The molecule has 0 fully saturated rings. The van der Waals surface area contributed by atoms with Gasteiger partial charge in [-0.05, 0) is 29.5 Å². The number of carbonyl (C=O) groups excluding carboxylic acids is 1. The van der Waals surface area contributed by atoms with Crippen LogP contribution in [-0.4, -0.2) is 43.9 Å². The smallest absolute Gasteiger partial charge is 0.427 e. The van der Waals surface area contributed by atoms with E-state index in [0.29, 0.717) is 16.9 Å². The van der Waals surface area contributed by atoms with E-state index in [9.17, 15) is 4.79 Å². The standard InChI is InChI=1S/C12H13BrN6O2/c1-2-21-12(20)16-14-10(8-13)11-15-17-18-19(11)9-6-4-3-5-7-9/h3-7H,2,8H2,1H3,(H,16,20)/b14-10-. The van der Waals surface area contributed by atoms with Crippen molar-refractivity contribution in [3.63, 3.8) is 0 Å². The zero-order valence-electron chi connectivity index (χ0n) is 11.2. The third kappa shape index (κ3) is 3.85. The van der Waals surface area contributed by atoms with E-state index in [1.54, 1.807) is 6.92 Å². The number of hydrazone groups is 1. The minimum Gasteiger partial charge on any atom is -0.449 e. The summed E-state index contributed by atoms with van der Waals surface area (Å²) in [5.74, 6) is 0.426. The molecule has 110 valence electrons. The lowest BCUT2D eigenvalue weighted by Crippen LogP contribution is -2.23. The van der Waals surface area contributed by atoms with E-state index >= 15 is 0 Å². The lowest BCUT2D eigenvalue weighted by molar-refractivity contribution is 0.152. The van der Waals surface area contributed by atoms with Gasteiger partial charge in [0.1, 0.15) is 5.71 Å². The number of tetrazole rings is 1. The van der Waals surface area contributed by atoms with Crippen LogP contribution >= 0.6 is 15.9 Å². The van der Waals surface area contributed by atoms with Gasteiger partial charge in [-0.2, -0.15) is 9.78 Å². The molecule has 0 aliphatic heterocycles. The van der Waals surface area contributed by atoms with Crippen LogP contribution in [0.15, 0.2) is 35.4 Å². The molecule has 1 aromatic heterocycles. The molecule has 0 aliphatic rings. The maximum Gasteiger partial charge on any atom is 0.427 e. The van der Waals surface area contributed by atoms with Gasteiger partial charge in [0.05, 0.1) is 17.6 Å². The zero-order chi connectivity index (χ0) is 15.1. The van der Waals surface area contributed by atoms with E-state index in [4.69, 9.17) is 4.74 Å². The molecule has 0 bridgehead atoms. The van der Waals surface area contributed by atoms with Crippen LogP contribution in [-0.2, 0) is 4.74 Å². The molecule has 0 radical (unpaired) electrons. The van der Waals surface area contributed by atoms with Gasteiger partial charge in [0.15, 0.2) is 0 Å². The molecule has 0 unspecified atom stereocenters. The monoisotopic (exact) mass is 352 g/mol. The Labute approximate surface area is 129 Å². The predicted molar refractivity (Wildman–Crippen MR) is 79.6 cm³/mol. The summed E-state index contributed by atoms with van der Waals surface area (Å²) in [7, 11) is 0. The molecule has 0 atom stereocenters. The van der Waals surface area contributed by atoms with Crippen LogP contribution in [0.2, 0.25) is 0 Å². The zero-order valence-corrected chi connectivity index (χ0v) is 12.8. The Kier molecular flexibility index (Phi) is 5.38. The average molecular weight is 353 g/mol. The van der Waals surface area contributed by atoms with E-state index in [0.717, 1.165) is 5.69 Å². The van der Waals surface area contributed by atoms with Crippen LogP contribution in [0.4, 0.5) is 4.79 Å². The molecule has 0 saturated heterocycles. The van der Waals surface area contributed by atoms with Crippen LogP contribution in [0.25, 0.3) is 5.69 Å². The van der Waals surface area contributed by atoms with Crippen LogP contribution in [0.5, 0.6) is 0 Å². The maximum atomic E-state index is 11.3. The summed E-state index contributed by atoms with van der Waals surface area (Å²) in [5.41, 5.74) is 3.55. The Bertz CT molecular complexity index is 628. The second-order valence-corrected chi connectivity index (χ2v) is 4.33. The number of para-hydroxylation sites is 1. The van der Waals surface area contributed by atoms with Crippen LogP contribution in [0.3, 0.4) is 0 Å². The first-order valence-corrected chi connectivity index (χ1v) is 7.28. The molecule has 2 rings (SSSR count). The van der Waals surface area contributed by atoms with Crippen molar-refractivity contribution in [3.8, 4) is 5.69 Å². The van der Waals surface area contributed by atoms with E-state index < -0.39 is 6.09 Å². The maximum absolute atomic E-state index is 11.3. The van der Waals surface area contributed by atoms with Crippen LogP contribution in [0, 0.1) is 0 Å². The molecule has 1 aromatic carbocycles. The van der Waals surface area contributed by atoms with Crippen molar-refractivity contribution in [1.82, 2.24) is 25.6 Å². The highest BCUT2D eigenvalue weighted by molar-refractivity contribution is 9.09. The number of nitrogens with one attached hydrogen (secondary N) is 1. The van der Waals surface area contributed by atoms with Crippen molar-refractivity contribution in [3.05, 3.63) is 36.2 Å². The topological polar surface area (TPSA) is 94.3 Å². The number of halogens is 1. The van der Waals surface area contributed by atoms with Gasteiger partial charge in [-0.15, -0.1) is 5.10 Å². The molecule has 1 N–H and O–H groups in total. The summed E-state index contributed by atoms with van der Waals surface area (Å²) in [6.07, 6.45) is -0.630. The Morgan fingerprint density at radius 1 is 1.43 bits per heavy atom. The first-order valence-electron chi connectivity index (χ1n) is 6.15. The molecular formula is C12H13BrN6O2. The largest absolute Gasteiger partial charge is 0.449 e. The van der Waals surface area contributed by atoms with Gasteiger partial charge in [0, 0.05) is 0 Å². The average Bonchev–Trinajstić information content (AvgIpc) is 2.98. The van der Waals surface area contributed by atoms with Crippen LogP contribution in [0.1, 0.15) is 12.7 Å². The molecule has 1 heterocycles. The third-order valence-corrected chi connectivity index (χ3v) is 2.94. The SMILES string of the molecule is CCOC(=O)N/N=C(/CBr)c1nnnn1-c1ccccc1. The summed E-state index contributed by atoms with van der Waals surface area (Å²) in [5, 5.41) is 15.9. The Hall–Kier alpha value is -2.29. The normalized spacial score (nSPS) is 11.2. The van der Waals surface area contributed by atoms with Crippen molar-refractivity contribution in [2.24, 2.45) is 5.10 Å². The summed E-state index contributed by atoms with van der Waals surface area (Å²) in [6.45, 7) is 1.98. The summed E-state index contributed by atoms with van der Waals surface area (Å²) < 4.78 is 6.27. The first kappa shape index (κ1) is 15.1. The van der Waals surface area contributed by atoms with Crippen LogP contribution < -0.4 is 5.43 Å². The molecule has 2 aromatic rings. The number of hydrogen-bond acceptors (Lipinski definition) is 6. The number of aromatic nitrogens is 4. The van der Waals surface area contributed by atoms with Crippen molar-refractivity contribution >= 4 is 27.7 Å². The van der Waals surface area contributed by atoms with E-state index in [-0.39, 0.29) is 6.61 Å². The number of alkyl halides is 1. The quantitative estimate of drug-likeness (QED) is 0.500. The molecule has 0 saturated carbocycles. The van der Waals surface area contributed by atoms with Gasteiger partial charge in [-0.1, -0.05) is 34.1 Å². The van der Waals surface area contributed by atoms with Gasteiger partial charge in [0.2, 0.25) is 5.82 Å². The highest BCUT2D eigenvalue weighted by Crippen LogP contribution is 2.08. The highest BCUT2D eigenvalue weighted by atomic mass is 79.9. The number of rotatable bonds is 5. The number of benzene rings is 1. The fourth-order valence-electron chi connectivity index (χ4n) is 1.53. The minimum atomic E-state index is -0.630. The Balaban J connectivity index is 2.26. The number of amides is 1. The van der Waals surface area contributed by atoms with Crippen molar-refractivity contribution in [1.29, 1.82) is 0 Å². The van der Waals surface area contributed by atoms with Gasteiger partial charge in [-0.3, -0.25) is 0 Å². The Morgan fingerprint density at radius 3 is 2.86 bits per heavy atom. The van der Waals surface area contributed by atoms with Gasteiger partial charge < -0.3 is 4.74 Å². The van der Waals surface area contributed by atoms with Gasteiger partial charge in [-0.25, -0.2) is 10.2 Å². The van der Waals surface area contributed by atoms with Gasteiger partial charge in [0.25, 0.3) is 0 Å². The number of carbonyl (C=O) groups is 1. The summed E-state index contributed by atoms with van der Waals surface area (Å²) >= 11 is 3.30. The fourth-order valence-corrected chi connectivity index (χ4v) is 1.90. The molecule has 0 aliphatic carbocycles.